The molecule has 0 spiro atoms. The van der Waals surface area contributed by atoms with E-state index in [2.05, 4.69) is 38.3 Å². The quantitative estimate of drug-likeness (QED) is 0.792. The van der Waals surface area contributed by atoms with Gasteiger partial charge in [0, 0.05) is 24.5 Å². The van der Waals surface area contributed by atoms with Crippen molar-refractivity contribution in [2.75, 3.05) is 6.54 Å². The van der Waals surface area contributed by atoms with Gasteiger partial charge in [0.15, 0.2) is 0 Å². The Morgan fingerprint density at radius 2 is 2.00 bits per heavy atom. The summed E-state index contributed by atoms with van der Waals surface area (Å²) in [4.78, 5) is 11.8. The van der Waals surface area contributed by atoms with E-state index < -0.39 is 0 Å². The average Bonchev–Trinajstić information content (AvgIpc) is 2.15. The molecule has 2 unspecified atom stereocenters. The summed E-state index contributed by atoms with van der Waals surface area (Å²) in [6, 6.07) is 0.417. The average molecular weight is 240 g/mol. The van der Waals surface area contributed by atoms with Crippen molar-refractivity contribution in [3.8, 4) is 0 Å². The first-order valence-electron chi connectivity index (χ1n) is 6.91. The topological polar surface area (TPSA) is 41.1 Å². The normalized spacial score (nSPS) is 25.6. The lowest BCUT2D eigenvalue weighted by molar-refractivity contribution is -0.122. The third-order valence-electron chi connectivity index (χ3n) is 3.31. The van der Waals surface area contributed by atoms with Gasteiger partial charge in [0.05, 0.1) is 0 Å². The zero-order valence-electron chi connectivity index (χ0n) is 11.8. The van der Waals surface area contributed by atoms with E-state index in [0.29, 0.717) is 12.5 Å². The zero-order chi connectivity index (χ0) is 12.9. The molecule has 1 aliphatic carbocycles. The molecular formula is C14H28N2O. The molecule has 2 N–H and O–H groups in total. The zero-order valence-corrected chi connectivity index (χ0v) is 11.8. The van der Waals surface area contributed by atoms with Gasteiger partial charge in [0.25, 0.3) is 0 Å². The highest BCUT2D eigenvalue weighted by Gasteiger charge is 2.20. The second kappa shape index (κ2) is 6.39. The molecule has 0 aromatic carbocycles. The van der Waals surface area contributed by atoms with Crippen LogP contribution in [0, 0.1) is 5.92 Å². The number of amides is 1. The second-order valence-corrected chi connectivity index (χ2v) is 6.46. The number of carbonyl (C=O) groups excluding carboxylic acids is 1. The van der Waals surface area contributed by atoms with Gasteiger partial charge in [-0.2, -0.15) is 0 Å². The molecule has 0 aromatic rings. The second-order valence-electron chi connectivity index (χ2n) is 6.46. The highest BCUT2D eigenvalue weighted by atomic mass is 16.1. The Hall–Kier alpha value is -0.570. The minimum Gasteiger partial charge on any atom is -0.353 e. The van der Waals surface area contributed by atoms with Crippen LogP contribution in [-0.4, -0.2) is 24.0 Å². The molecule has 17 heavy (non-hydrogen) atoms. The molecule has 1 aliphatic rings. The highest BCUT2D eigenvalue weighted by Crippen LogP contribution is 2.23. The number of nitrogens with one attached hydrogen (secondary N) is 2. The smallest absolute Gasteiger partial charge is 0.221 e. The molecule has 1 fully saturated rings. The first kappa shape index (κ1) is 14.5. The lowest BCUT2D eigenvalue weighted by atomic mass is 9.87. The molecule has 1 rings (SSSR count). The van der Waals surface area contributed by atoms with Crippen LogP contribution in [0.4, 0.5) is 0 Å². The fraction of sp³-hybridized carbons (Fsp3) is 0.929. The molecular weight excluding hydrogens is 212 g/mol. The monoisotopic (exact) mass is 240 g/mol. The van der Waals surface area contributed by atoms with E-state index in [1.54, 1.807) is 0 Å². The van der Waals surface area contributed by atoms with E-state index in [0.717, 1.165) is 25.3 Å². The molecule has 1 saturated carbocycles. The molecule has 3 heteroatoms. The van der Waals surface area contributed by atoms with Gasteiger partial charge in [-0.1, -0.05) is 19.8 Å². The van der Waals surface area contributed by atoms with Crippen LogP contribution in [0.1, 0.15) is 59.8 Å². The van der Waals surface area contributed by atoms with Crippen LogP contribution in [0.2, 0.25) is 0 Å². The summed E-state index contributed by atoms with van der Waals surface area (Å²) in [6.45, 7) is 9.40. The largest absolute Gasteiger partial charge is 0.353 e. The van der Waals surface area contributed by atoms with E-state index in [4.69, 9.17) is 0 Å². The van der Waals surface area contributed by atoms with Gasteiger partial charge in [-0.3, -0.25) is 4.79 Å². The Bertz CT molecular complexity index is 245. The number of carbonyl (C=O) groups is 1. The summed E-state index contributed by atoms with van der Waals surface area (Å²) in [7, 11) is 0. The lowest BCUT2D eigenvalue weighted by Gasteiger charge is -2.27. The number of hydrogen-bond acceptors (Lipinski definition) is 2. The number of rotatable bonds is 4. The summed E-state index contributed by atoms with van der Waals surface area (Å²) in [5.74, 6) is 0.961. The summed E-state index contributed by atoms with van der Waals surface area (Å²) in [5.41, 5.74) is 0.0969. The van der Waals surface area contributed by atoms with Crippen molar-refractivity contribution in [2.24, 2.45) is 5.92 Å². The maximum absolute atomic E-state index is 11.8. The first-order valence-corrected chi connectivity index (χ1v) is 6.91. The van der Waals surface area contributed by atoms with Gasteiger partial charge in [-0.15, -0.1) is 0 Å². The Labute approximate surface area is 106 Å². The van der Waals surface area contributed by atoms with Crippen molar-refractivity contribution in [3.05, 3.63) is 0 Å². The maximum Gasteiger partial charge on any atom is 0.221 e. The molecule has 2 atom stereocenters. The van der Waals surface area contributed by atoms with Crippen molar-refractivity contribution in [1.29, 1.82) is 0 Å². The van der Waals surface area contributed by atoms with E-state index in [1.807, 2.05) is 0 Å². The summed E-state index contributed by atoms with van der Waals surface area (Å²) < 4.78 is 0. The van der Waals surface area contributed by atoms with Gasteiger partial charge in [-0.05, 0) is 39.5 Å². The van der Waals surface area contributed by atoms with Crippen molar-refractivity contribution < 1.29 is 4.79 Å². The Kier molecular flexibility index (Phi) is 5.44. The van der Waals surface area contributed by atoms with Crippen LogP contribution in [-0.2, 0) is 4.79 Å². The van der Waals surface area contributed by atoms with Gasteiger partial charge in [0.1, 0.15) is 0 Å². The molecule has 0 heterocycles. The van der Waals surface area contributed by atoms with Gasteiger partial charge >= 0.3 is 0 Å². The Balaban J connectivity index is 2.16. The molecule has 0 bridgehead atoms. The van der Waals surface area contributed by atoms with Gasteiger partial charge in [-0.25, -0.2) is 0 Å². The third kappa shape index (κ3) is 6.67. The van der Waals surface area contributed by atoms with E-state index in [-0.39, 0.29) is 11.4 Å². The minimum atomic E-state index is 0.0969. The summed E-state index contributed by atoms with van der Waals surface area (Å²) in [6.07, 6.45) is 5.47. The van der Waals surface area contributed by atoms with Crippen LogP contribution in [0.3, 0.4) is 0 Å². The molecule has 100 valence electrons. The molecule has 0 aliphatic heterocycles. The van der Waals surface area contributed by atoms with Crippen molar-refractivity contribution in [3.63, 3.8) is 0 Å². The van der Waals surface area contributed by atoms with E-state index in [1.165, 1.54) is 12.8 Å². The molecule has 3 nitrogen and oxygen atoms in total. The van der Waals surface area contributed by atoms with Crippen LogP contribution in [0.25, 0.3) is 0 Å². The summed E-state index contributed by atoms with van der Waals surface area (Å²) in [5, 5.41) is 6.49. The van der Waals surface area contributed by atoms with Crippen molar-refractivity contribution in [1.82, 2.24) is 10.6 Å². The standard InChI is InChI=1S/C14H28N2O/c1-11-6-5-7-12(10-11)16-13(17)8-9-15-14(2,3)4/h11-12,15H,5-10H2,1-4H3,(H,16,17). The number of hydrogen-bond donors (Lipinski definition) is 2. The minimum absolute atomic E-state index is 0.0969. The van der Waals surface area contributed by atoms with Crippen molar-refractivity contribution in [2.45, 2.75) is 71.4 Å². The fourth-order valence-corrected chi connectivity index (χ4v) is 2.42. The molecule has 0 aromatic heterocycles. The Morgan fingerprint density at radius 3 is 2.59 bits per heavy atom. The highest BCUT2D eigenvalue weighted by molar-refractivity contribution is 5.76. The van der Waals surface area contributed by atoms with E-state index in [9.17, 15) is 4.79 Å². The predicted molar refractivity (Wildman–Crippen MR) is 71.9 cm³/mol. The van der Waals surface area contributed by atoms with Crippen LogP contribution in [0.5, 0.6) is 0 Å². The third-order valence-corrected chi connectivity index (χ3v) is 3.31. The predicted octanol–water partition coefficient (Wildman–Crippen LogP) is 2.46. The van der Waals surface area contributed by atoms with Crippen molar-refractivity contribution >= 4 is 5.91 Å². The van der Waals surface area contributed by atoms with Crippen LogP contribution in [0.15, 0.2) is 0 Å². The first-order chi connectivity index (χ1) is 7.87. The SMILES string of the molecule is CC1CCCC(NC(=O)CCNC(C)(C)C)C1. The van der Waals surface area contributed by atoms with Crippen LogP contribution >= 0.6 is 0 Å². The van der Waals surface area contributed by atoms with Gasteiger partial charge in [0.2, 0.25) is 5.91 Å². The van der Waals surface area contributed by atoms with E-state index >= 15 is 0 Å². The molecule has 0 radical (unpaired) electrons. The maximum atomic E-state index is 11.8. The van der Waals surface area contributed by atoms with Crippen LogP contribution < -0.4 is 10.6 Å². The lowest BCUT2D eigenvalue weighted by Crippen LogP contribution is -2.41. The molecule has 1 amide bonds. The Morgan fingerprint density at radius 1 is 1.29 bits per heavy atom. The van der Waals surface area contributed by atoms with Gasteiger partial charge < -0.3 is 10.6 Å². The summed E-state index contributed by atoms with van der Waals surface area (Å²) >= 11 is 0. The molecule has 0 saturated heterocycles. The fourth-order valence-electron chi connectivity index (χ4n) is 2.42.